The molecular weight excluding hydrogens is 430 g/mol. The second-order valence-electron chi connectivity index (χ2n) is 6.58. The normalized spacial score (nSPS) is 10.5. The summed E-state index contributed by atoms with van der Waals surface area (Å²) in [5, 5.41) is 6.85. The number of nitrogens with zero attached hydrogens (tertiary/aromatic N) is 1. The van der Waals surface area contributed by atoms with Crippen LogP contribution < -0.4 is 20.1 Å². The van der Waals surface area contributed by atoms with Crippen molar-refractivity contribution >= 4 is 50.5 Å². The van der Waals surface area contributed by atoms with Crippen molar-refractivity contribution in [2.45, 2.75) is 0 Å². The third-order valence-electron chi connectivity index (χ3n) is 4.50. The molecule has 0 aliphatic rings. The SMILES string of the molecule is COc1cc(OC)cc(C(=O)NC(=S)Nc2cccc(-c3nc4ccccc4s3)c2)c1. The Balaban J connectivity index is 1.48. The van der Waals surface area contributed by atoms with Gasteiger partial charge in [0.2, 0.25) is 0 Å². The van der Waals surface area contributed by atoms with Crippen LogP contribution in [0.5, 0.6) is 11.5 Å². The zero-order valence-electron chi connectivity index (χ0n) is 16.8. The van der Waals surface area contributed by atoms with Gasteiger partial charge in [-0.15, -0.1) is 11.3 Å². The number of aromatic nitrogens is 1. The summed E-state index contributed by atoms with van der Waals surface area (Å²) in [7, 11) is 3.06. The molecule has 1 amide bonds. The van der Waals surface area contributed by atoms with E-state index in [-0.39, 0.29) is 11.0 Å². The average molecular weight is 450 g/mol. The van der Waals surface area contributed by atoms with E-state index in [9.17, 15) is 4.79 Å². The molecule has 0 unspecified atom stereocenters. The molecule has 0 aliphatic carbocycles. The number of fused-ring (bicyclic) bond motifs is 1. The summed E-state index contributed by atoms with van der Waals surface area (Å²) in [6.07, 6.45) is 0. The lowest BCUT2D eigenvalue weighted by molar-refractivity contribution is 0.0977. The fourth-order valence-electron chi connectivity index (χ4n) is 3.00. The highest BCUT2D eigenvalue weighted by atomic mass is 32.1. The third kappa shape index (κ3) is 4.82. The number of thiazole rings is 1. The molecule has 0 aliphatic heterocycles. The molecule has 0 radical (unpaired) electrons. The summed E-state index contributed by atoms with van der Waals surface area (Å²) in [4.78, 5) is 17.3. The van der Waals surface area contributed by atoms with E-state index < -0.39 is 0 Å². The van der Waals surface area contributed by atoms with Crippen molar-refractivity contribution in [3.05, 3.63) is 72.3 Å². The molecule has 0 atom stereocenters. The Kier molecular flexibility index (Phi) is 6.11. The van der Waals surface area contributed by atoms with Gasteiger partial charge in [0.15, 0.2) is 5.11 Å². The zero-order valence-corrected chi connectivity index (χ0v) is 18.5. The molecule has 1 aromatic heterocycles. The fraction of sp³-hybridized carbons (Fsp3) is 0.0870. The van der Waals surface area contributed by atoms with E-state index in [1.54, 1.807) is 29.5 Å². The monoisotopic (exact) mass is 449 g/mol. The molecule has 4 aromatic rings. The van der Waals surface area contributed by atoms with Crippen molar-refractivity contribution in [3.8, 4) is 22.1 Å². The maximum atomic E-state index is 12.6. The van der Waals surface area contributed by atoms with Crippen LogP contribution in [0.3, 0.4) is 0 Å². The van der Waals surface area contributed by atoms with Gasteiger partial charge in [-0.25, -0.2) is 4.98 Å². The van der Waals surface area contributed by atoms with E-state index in [1.165, 1.54) is 14.2 Å². The number of para-hydroxylation sites is 1. The van der Waals surface area contributed by atoms with Crippen LogP contribution in [0, 0.1) is 0 Å². The number of rotatable bonds is 5. The number of hydrogen-bond acceptors (Lipinski definition) is 6. The number of thiocarbonyl (C=S) groups is 1. The Labute approximate surface area is 188 Å². The van der Waals surface area contributed by atoms with Gasteiger partial charge in [-0.2, -0.15) is 0 Å². The lowest BCUT2D eigenvalue weighted by atomic mass is 10.2. The quantitative estimate of drug-likeness (QED) is 0.413. The van der Waals surface area contributed by atoms with Crippen molar-refractivity contribution < 1.29 is 14.3 Å². The summed E-state index contributed by atoms with van der Waals surface area (Å²) < 4.78 is 11.6. The van der Waals surface area contributed by atoms with E-state index >= 15 is 0 Å². The summed E-state index contributed by atoms with van der Waals surface area (Å²) in [6, 6.07) is 20.7. The molecule has 3 aromatic carbocycles. The van der Waals surface area contributed by atoms with Crippen LogP contribution in [0.1, 0.15) is 10.4 Å². The highest BCUT2D eigenvalue weighted by Gasteiger charge is 2.12. The molecule has 4 rings (SSSR count). The Morgan fingerprint density at radius 2 is 1.71 bits per heavy atom. The van der Waals surface area contributed by atoms with E-state index in [0.29, 0.717) is 17.1 Å². The summed E-state index contributed by atoms with van der Waals surface area (Å²) in [6.45, 7) is 0. The summed E-state index contributed by atoms with van der Waals surface area (Å²) >= 11 is 6.96. The highest BCUT2D eigenvalue weighted by molar-refractivity contribution is 7.80. The molecule has 6 nitrogen and oxygen atoms in total. The molecular formula is C23H19N3O3S2. The molecule has 1 heterocycles. The van der Waals surface area contributed by atoms with Crippen LogP contribution in [-0.2, 0) is 0 Å². The van der Waals surface area contributed by atoms with E-state index in [2.05, 4.69) is 21.7 Å². The number of anilines is 1. The van der Waals surface area contributed by atoms with Crippen LogP contribution in [0.25, 0.3) is 20.8 Å². The zero-order chi connectivity index (χ0) is 21.8. The number of carbonyl (C=O) groups excluding carboxylic acids is 1. The number of methoxy groups -OCH3 is 2. The predicted octanol–water partition coefficient (Wildman–Crippen LogP) is 5.11. The van der Waals surface area contributed by atoms with Crippen LogP contribution in [0.4, 0.5) is 5.69 Å². The molecule has 8 heteroatoms. The van der Waals surface area contributed by atoms with Gasteiger partial charge in [0.05, 0.1) is 24.4 Å². The molecule has 0 fully saturated rings. The van der Waals surface area contributed by atoms with Gasteiger partial charge in [-0.3, -0.25) is 10.1 Å². The van der Waals surface area contributed by atoms with Crippen molar-refractivity contribution in [2.24, 2.45) is 0 Å². The Morgan fingerprint density at radius 3 is 2.42 bits per heavy atom. The smallest absolute Gasteiger partial charge is 0.257 e. The second kappa shape index (κ2) is 9.11. The minimum atomic E-state index is -0.364. The number of amides is 1. The van der Waals surface area contributed by atoms with Crippen LogP contribution in [0.15, 0.2) is 66.7 Å². The molecule has 0 saturated heterocycles. The maximum Gasteiger partial charge on any atom is 0.257 e. The maximum absolute atomic E-state index is 12.6. The van der Waals surface area contributed by atoms with E-state index in [0.717, 1.165) is 26.5 Å². The van der Waals surface area contributed by atoms with Gasteiger partial charge in [-0.05, 0) is 48.6 Å². The van der Waals surface area contributed by atoms with Gasteiger partial charge in [0.25, 0.3) is 5.91 Å². The average Bonchev–Trinajstić information content (AvgIpc) is 3.23. The number of ether oxygens (including phenoxy) is 2. The molecule has 0 saturated carbocycles. The Bertz CT molecular complexity index is 1210. The first kappa shape index (κ1) is 20.8. The first-order valence-corrected chi connectivity index (χ1v) is 10.6. The lowest BCUT2D eigenvalue weighted by Crippen LogP contribution is -2.34. The van der Waals surface area contributed by atoms with E-state index in [1.807, 2.05) is 42.5 Å². The van der Waals surface area contributed by atoms with Crippen LogP contribution in [0.2, 0.25) is 0 Å². The molecule has 31 heavy (non-hydrogen) atoms. The minimum absolute atomic E-state index is 0.188. The van der Waals surface area contributed by atoms with Crippen molar-refractivity contribution in [2.75, 3.05) is 19.5 Å². The second-order valence-corrected chi connectivity index (χ2v) is 8.02. The first-order chi connectivity index (χ1) is 15.1. The topological polar surface area (TPSA) is 72.5 Å². The van der Waals surface area contributed by atoms with Gasteiger partial charge in [0.1, 0.15) is 16.5 Å². The number of hydrogen-bond donors (Lipinski definition) is 2. The lowest BCUT2D eigenvalue weighted by Gasteiger charge is -2.12. The van der Waals surface area contributed by atoms with Crippen molar-refractivity contribution in [1.82, 2.24) is 10.3 Å². The van der Waals surface area contributed by atoms with Crippen molar-refractivity contribution in [1.29, 1.82) is 0 Å². The number of nitrogens with one attached hydrogen (secondary N) is 2. The Morgan fingerprint density at radius 1 is 0.968 bits per heavy atom. The first-order valence-electron chi connectivity index (χ1n) is 9.37. The number of benzene rings is 3. The van der Waals surface area contributed by atoms with E-state index in [4.69, 9.17) is 21.7 Å². The van der Waals surface area contributed by atoms with Crippen LogP contribution >= 0.6 is 23.6 Å². The molecule has 0 bridgehead atoms. The number of carbonyl (C=O) groups is 1. The van der Waals surface area contributed by atoms with Gasteiger partial charge in [-0.1, -0.05) is 24.3 Å². The fourth-order valence-corrected chi connectivity index (χ4v) is 4.17. The largest absolute Gasteiger partial charge is 0.497 e. The molecule has 2 N–H and O–H groups in total. The third-order valence-corrected chi connectivity index (χ3v) is 5.79. The minimum Gasteiger partial charge on any atom is -0.497 e. The predicted molar refractivity (Wildman–Crippen MR) is 128 cm³/mol. The van der Waals surface area contributed by atoms with Gasteiger partial charge < -0.3 is 14.8 Å². The van der Waals surface area contributed by atoms with Crippen LogP contribution in [-0.4, -0.2) is 30.2 Å². The highest BCUT2D eigenvalue weighted by Crippen LogP contribution is 2.31. The standard InChI is InChI=1S/C23H19N3O3S2/c1-28-17-11-15(12-18(13-17)29-2)21(27)26-23(30)24-16-7-5-6-14(10-16)22-25-19-8-3-4-9-20(19)31-22/h3-13H,1-2H3,(H2,24,26,27,30). The van der Waals surface area contributed by atoms with Gasteiger partial charge >= 0.3 is 0 Å². The van der Waals surface area contributed by atoms with Crippen molar-refractivity contribution in [3.63, 3.8) is 0 Å². The Hall–Kier alpha value is -3.49. The molecule has 0 spiro atoms. The molecule has 156 valence electrons. The van der Waals surface area contributed by atoms with Gasteiger partial charge in [0, 0.05) is 22.9 Å². The summed E-state index contributed by atoms with van der Waals surface area (Å²) in [5.41, 5.74) is 3.07. The summed E-state index contributed by atoms with van der Waals surface area (Å²) in [5.74, 6) is 0.677.